The van der Waals surface area contributed by atoms with E-state index in [9.17, 15) is 4.79 Å². The highest BCUT2D eigenvalue weighted by atomic mass is 32.1. The lowest BCUT2D eigenvalue weighted by atomic mass is 10.2. The Morgan fingerprint density at radius 1 is 1.33 bits per heavy atom. The second-order valence-electron chi connectivity index (χ2n) is 5.32. The van der Waals surface area contributed by atoms with Crippen molar-refractivity contribution in [2.45, 2.75) is 26.3 Å². The molecule has 2 heterocycles. The van der Waals surface area contributed by atoms with Gasteiger partial charge in [-0.05, 0) is 19.8 Å². The molecule has 1 aliphatic carbocycles. The van der Waals surface area contributed by atoms with E-state index in [1.165, 1.54) is 11.3 Å². The number of nitrogens with zero attached hydrogens (tertiary/aromatic N) is 2. The summed E-state index contributed by atoms with van der Waals surface area (Å²) in [6.45, 7) is 3.99. The van der Waals surface area contributed by atoms with Crippen molar-refractivity contribution in [2.75, 3.05) is 13.2 Å². The zero-order valence-corrected chi connectivity index (χ0v) is 12.6. The van der Waals surface area contributed by atoms with Gasteiger partial charge in [0, 0.05) is 24.6 Å². The van der Waals surface area contributed by atoms with Crippen molar-refractivity contribution in [2.24, 2.45) is 10.9 Å². The third kappa shape index (κ3) is 2.23. The predicted molar refractivity (Wildman–Crippen MR) is 79.8 cm³/mol. The van der Waals surface area contributed by atoms with Gasteiger partial charge in [-0.25, -0.2) is 0 Å². The van der Waals surface area contributed by atoms with Crippen LogP contribution in [0.3, 0.4) is 0 Å². The minimum Gasteiger partial charge on any atom is -0.486 e. The number of benzene rings is 1. The smallest absolute Gasteiger partial charge is 0.251 e. The maximum absolute atomic E-state index is 12.0. The molecular formula is C15H16N2O3S. The molecule has 1 saturated carbocycles. The number of hydrogen-bond acceptors (Lipinski definition) is 4. The average molecular weight is 304 g/mol. The van der Waals surface area contributed by atoms with E-state index in [-0.39, 0.29) is 11.8 Å². The lowest BCUT2D eigenvalue weighted by Crippen LogP contribution is -2.17. The van der Waals surface area contributed by atoms with Crippen LogP contribution in [-0.2, 0) is 11.3 Å². The van der Waals surface area contributed by atoms with Crippen LogP contribution in [0.25, 0.3) is 10.2 Å². The molecule has 2 aromatic rings. The molecule has 2 aliphatic rings. The fourth-order valence-electron chi connectivity index (χ4n) is 2.51. The number of aromatic nitrogens is 1. The number of thiazole rings is 1. The zero-order valence-electron chi connectivity index (χ0n) is 11.8. The normalized spacial score (nSPS) is 18.2. The topological polar surface area (TPSA) is 52.8 Å². The molecule has 6 heteroatoms. The molecule has 1 fully saturated rings. The summed E-state index contributed by atoms with van der Waals surface area (Å²) in [5.41, 5.74) is 1.05. The minimum atomic E-state index is 0.0148. The van der Waals surface area contributed by atoms with Crippen LogP contribution in [0, 0.1) is 5.92 Å². The molecule has 0 atom stereocenters. The first-order valence-corrected chi connectivity index (χ1v) is 8.09. The SMILES string of the molecule is CCn1c(=NC(=O)C2CC2)sc2cc3c(cc21)OCCO3. The molecule has 0 unspecified atom stereocenters. The van der Waals surface area contributed by atoms with Gasteiger partial charge in [-0.2, -0.15) is 4.99 Å². The van der Waals surface area contributed by atoms with Crippen molar-refractivity contribution in [3.05, 3.63) is 16.9 Å². The molecule has 1 amide bonds. The largest absolute Gasteiger partial charge is 0.486 e. The molecule has 110 valence electrons. The summed E-state index contributed by atoms with van der Waals surface area (Å²) in [6, 6.07) is 3.98. The molecule has 1 aliphatic heterocycles. The van der Waals surface area contributed by atoms with Gasteiger partial charge in [0.05, 0.1) is 10.2 Å². The Bertz CT molecular complexity index is 786. The van der Waals surface area contributed by atoms with Gasteiger partial charge in [0.25, 0.3) is 5.91 Å². The molecule has 21 heavy (non-hydrogen) atoms. The zero-order chi connectivity index (χ0) is 14.4. The fraction of sp³-hybridized carbons (Fsp3) is 0.467. The van der Waals surface area contributed by atoms with Crippen LogP contribution < -0.4 is 14.3 Å². The lowest BCUT2D eigenvalue weighted by Gasteiger charge is -2.18. The molecule has 1 aromatic heterocycles. The Balaban J connectivity index is 1.89. The Labute approximate surface area is 125 Å². The van der Waals surface area contributed by atoms with Gasteiger partial charge in [0.2, 0.25) is 0 Å². The standard InChI is InChI=1S/C15H16N2O3S/c1-2-17-10-7-11-12(20-6-5-19-11)8-13(10)21-15(17)16-14(18)9-3-4-9/h7-9H,2-6H2,1H3. The molecule has 0 bridgehead atoms. The summed E-state index contributed by atoms with van der Waals surface area (Å²) in [6.07, 6.45) is 1.96. The Hall–Kier alpha value is -1.82. The molecule has 5 nitrogen and oxygen atoms in total. The highest BCUT2D eigenvalue weighted by molar-refractivity contribution is 7.16. The summed E-state index contributed by atoms with van der Waals surface area (Å²) in [4.78, 5) is 17.0. The minimum absolute atomic E-state index is 0.0148. The molecule has 0 spiro atoms. The van der Waals surface area contributed by atoms with Gasteiger partial charge >= 0.3 is 0 Å². The van der Waals surface area contributed by atoms with Crippen molar-refractivity contribution in [1.82, 2.24) is 4.57 Å². The Kier molecular flexibility index (Phi) is 2.99. The maximum Gasteiger partial charge on any atom is 0.251 e. The van der Waals surface area contributed by atoms with E-state index < -0.39 is 0 Å². The van der Waals surface area contributed by atoms with E-state index in [2.05, 4.69) is 16.5 Å². The first-order chi connectivity index (χ1) is 10.3. The van der Waals surface area contributed by atoms with Crippen molar-refractivity contribution < 1.29 is 14.3 Å². The third-order valence-corrected chi connectivity index (χ3v) is 4.84. The quantitative estimate of drug-likeness (QED) is 0.855. The van der Waals surface area contributed by atoms with Crippen molar-refractivity contribution in [3.8, 4) is 11.5 Å². The monoisotopic (exact) mass is 304 g/mol. The Morgan fingerprint density at radius 3 is 2.71 bits per heavy atom. The second kappa shape index (κ2) is 4.87. The highest BCUT2D eigenvalue weighted by Gasteiger charge is 2.29. The number of carbonyl (C=O) groups excluding carboxylic acids is 1. The van der Waals surface area contributed by atoms with E-state index in [1.807, 2.05) is 12.1 Å². The molecule has 4 rings (SSSR count). The van der Waals surface area contributed by atoms with Crippen molar-refractivity contribution in [1.29, 1.82) is 0 Å². The van der Waals surface area contributed by atoms with Crippen molar-refractivity contribution in [3.63, 3.8) is 0 Å². The van der Waals surface area contributed by atoms with Crippen LogP contribution in [0.4, 0.5) is 0 Å². The number of fused-ring (bicyclic) bond motifs is 2. The summed E-state index contributed by atoms with van der Waals surface area (Å²) in [7, 11) is 0. The number of rotatable bonds is 2. The molecule has 0 radical (unpaired) electrons. The van der Waals surface area contributed by atoms with Gasteiger partial charge in [-0.3, -0.25) is 4.79 Å². The summed E-state index contributed by atoms with van der Waals surface area (Å²) in [5, 5.41) is 0. The van der Waals surface area contributed by atoms with Crippen LogP contribution in [-0.4, -0.2) is 23.7 Å². The number of hydrogen-bond donors (Lipinski definition) is 0. The van der Waals surface area contributed by atoms with E-state index >= 15 is 0 Å². The van der Waals surface area contributed by atoms with Gasteiger partial charge in [-0.1, -0.05) is 11.3 Å². The van der Waals surface area contributed by atoms with Crippen LogP contribution in [0.1, 0.15) is 19.8 Å². The molecule has 0 N–H and O–H groups in total. The summed E-state index contributed by atoms with van der Waals surface area (Å²) < 4.78 is 14.4. The van der Waals surface area contributed by atoms with Gasteiger partial charge in [0.1, 0.15) is 13.2 Å². The second-order valence-corrected chi connectivity index (χ2v) is 6.33. The predicted octanol–water partition coefficient (Wildman–Crippen LogP) is 2.33. The van der Waals surface area contributed by atoms with Gasteiger partial charge < -0.3 is 14.0 Å². The highest BCUT2D eigenvalue weighted by Crippen LogP contribution is 2.35. The van der Waals surface area contributed by atoms with Crippen molar-refractivity contribution >= 4 is 27.5 Å². The summed E-state index contributed by atoms with van der Waals surface area (Å²) in [5.74, 6) is 1.72. The fourth-order valence-corrected chi connectivity index (χ4v) is 3.62. The van der Waals surface area contributed by atoms with Gasteiger partial charge in [0.15, 0.2) is 16.3 Å². The van der Waals surface area contributed by atoms with Crippen LogP contribution in [0.5, 0.6) is 11.5 Å². The van der Waals surface area contributed by atoms with Crippen LogP contribution in [0.2, 0.25) is 0 Å². The number of aryl methyl sites for hydroxylation is 1. The van der Waals surface area contributed by atoms with E-state index in [0.29, 0.717) is 13.2 Å². The first-order valence-electron chi connectivity index (χ1n) is 7.28. The van der Waals surface area contributed by atoms with Crippen LogP contribution >= 0.6 is 11.3 Å². The van der Waals surface area contributed by atoms with E-state index in [1.54, 1.807) is 0 Å². The lowest BCUT2D eigenvalue weighted by molar-refractivity contribution is -0.119. The van der Waals surface area contributed by atoms with Gasteiger partial charge in [-0.15, -0.1) is 0 Å². The first kappa shape index (κ1) is 12.9. The third-order valence-electron chi connectivity index (χ3n) is 3.80. The van der Waals surface area contributed by atoms with E-state index in [4.69, 9.17) is 9.47 Å². The average Bonchev–Trinajstić information content (AvgIpc) is 3.28. The number of amides is 1. The number of ether oxygens (including phenoxy) is 2. The van der Waals surface area contributed by atoms with E-state index in [0.717, 1.165) is 45.9 Å². The molecule has 0 saturated heterocycles. The van der Waals surface area contributed by atoms with Crippen LogP contribution in [0.15, 0.2) is 17.1 Å². The Morgan fingerprint density at radius 2 is 2.05 bits per heavy atom. The summed E-state index contributed by atoms with van der Waals surface area (Å²) >= 11 is 1.53. The number of carbonyl (C=O) groups is 1. The maximum atomic E-state index is 12.0. The molecule has 1 aromatic carbocycles. The molecular weight excluding hydrogens is 288 g/mol.